The van der Waals surface area contributed by atoms with E-state index in [1.54, 1.807) is 7.11 Å². The number of hydrogen-bond acceptors (Lipinski definition) is 2. The van der Waals surface area contributed by atoms with Crippen molar-refractivity contribution in [3.05, 3.63) is 28.8 Å². The summed E-state index contributed by atoms with van der Waals surface area (Å²) in [6.45, 7) is 6.44. The Kier molecular flexibility index (Phi) is 3.72. The molecule has 0 N–H and O–H groups in total. The summed E-state index contributed by atoms with van der Waals surface area (Å²) in [6, 6.07) is 4.38. The van der Waals surface area contributed by atoms with Gasteiger partial charge in [0, 0.05) is 0 Å². The molecule has 1 fully saturated rings. The van der Waals surface area contributed by atoms with Crippen molar-refractivity contribution >= 4 is 0 Å². The predicted molar refractivity (Wildman–Crippen MR) is 69.7 cm³/mol. The van der Waals surface area contributed by atoms with Crippen LogP contribution >= 0.6 is 0 Å². The van der Waals surface area contributed by atoms with Crippen LogP contribution in [0.4, 0.5) is 0 Å². The summed E-state index contributed by atoms with van der Waals surface area (Å²) in [5.41, 5.74) is 3.96. The maximum absolute atomic E-state index is 5.58. The normalized spacial score (nSPS) is 22.6. The third-order valence-electron chi connectivity index (χ3n) is 3.64. The van der Waals surface area contributed by atoms with Crippen molar-refractivity contribution in [2.24, 2.45) is 0 Å². The second-order valence-electron chi connectivity index (χ2n) is 4.91. The van der Waals surface area contributed by atoms with E-state index in [2.05, 4.69) is 32.9 Å². The topological polar surface area (TPSA) is 21.8 Å². The first kappa shape index (κ1) is 12.4. The van der Waals surface area contributed by atoms with Crippen molar-refractivity contribution in [3.8, 4) is 5.75 Å². The molecule has 0 spiro atoms. The van der Waals surface area contributed by atoms with E-state index in [4.69, 9.17) is 9.47 Å². The van der Waals surface area contributed by atoms with Crippen LogP contribution in [0.1, 0.15) is 36.5 Å². The standard InChI is InChI=1S/C15H22O2/c1-5-13-14(17-13)7-6-12-8-11(3)15(16-4)9-10(12)2/h8-9,13-14H,5-7H2,1-4H3. The second-order valence-corrected chi connectivity index (χ2v) is 4.91. The van der Waals surface area contributed by atoms with E-state index in [1.807, 2.05) is 0 Å². The van der Waals surface area contributed by atoms with E-state index in [-0.39, 0.29) is 0 Å². The molecule has 1 saturated heterocycles. The minimum absolute atomic E-state index is 0.502. The molecule has 0 aliphatic carbocycles. The van der Waals surface area contributed by atoms with Crippen LogP contribution in [0.3, 0.4) is 0 Å². The van der Waals surface area contributed by atoms with Crippen LogP contribution in [0.25, 0.3) is 0 Å². The van der Waals surface area contributed by atoms with Crippen LogP contribution in [0, 0.1) is 13.8 Å². The molecule has 1 aliphatic rings. The third kappa shape index (κ3) is 2.81. The zero-order valence-corrected chi connectivity index (χ0v) is 11.2. The summed E-state index contributed by atoms with van der Waals surface area (Å²) >= 11 is 0. The minimum Gasteiger partial charge on any atom is -0.496 e. The van der Waals surface area contributed by atoms with Gasteiger partial charge in [0.25, 0.3) is 0 Å². The molecule has 2 atom stereocenters. The maximum Gasteiger partial charge on any atom is 0.122 e. The van der Waals surface area contributed by atoms with Crippen LogP contribution < -0.4 is 4.74 Å². The molecule has 0 aromatic heterocycles. The van der Waals surface area contributed by atoms with Gasteiger partial charge in [-0.2, -0.15) is 0 Å². The van der Waals surface area contributed by atoms with Gasteiger partial charge in [-0.05, 0) is 55.9 Å². The molecule has 1 aliphatic heterocycles. The first-order valence-corrected chi connectivity index (χ1v) is 6.45. The fourth-order valence-corrected chi connectivity index (χ4v) is 2.43. The van der Waals surface area contributed by atoms with Gasteiger partial charge >= 0.3 is 0 Å². The highest BCUT2D eigenvalue weighted by Gasteiger charge is 2.36. The Bertz CT molecular complexity index is 398. The lowest BCUT2D eigenvalue weighted by atomic mass is 9.99. The summed E-state index contributed by atoms with van der Waals surface area (Å²) in [5, 5.41) is 0. The van der Waals surface area contributed by atoms with Crippen molar-refractivity contribution in [2.75, 3.05) is 7.11 Å². The Morgan fingerprint density at radius 2 is 1.94 bits per heavy atom. The number of rotatable bonds is 5. The predicted octanol–water partition coefficient (Wildman–Crippen LogP) is 3.42. The molecule has 1 heterocycles. The van der Waals surface area contributed by atoms with E-state index in [9.17, 15) is 0 Å². The Labute approximate surface area is 104 Å². The van der Waals surface area contributed by atoms with Gasteiger partial charge in [0.15, 0.2) is 0 Å². The third-order valence-corrected chi connectivity index (χ3v) is 3.64. The molecule has 2 rings (SSSR count). The Hall–Kier alpha value is -1.02. The number of benzene rings is 1. The second kappa shape index (κ2) is 5.09. The fraction of sp³-hybridized carbons (Fsp3) is 0.600. The number of aryl methyl sites for hydroxylation is 3. The van der Waals surface area contributed by atoms with Crippen molar-refractivity contribution < 1.29 is 9.47 Å². The van der Waals surface area contributed by atoms with Crippen LogP contribution in [-0.4, -0.2) is 19.3 Å². The molecule has 17 heavy (non-hydrogen) atoms. The van der Waals surface area contributed by atoms with E-state index in [0.717, 1.165) is 25.0 Å². The fourth-order valence-electron chi connectivity index (χ4n) is 2.43. The first-order valence-electron chi connectivity index (χ1n) is 6.45. The Balaban J connectivity index is 1.99. The SMILES string of the molecule is CCC1OC1CCc1cc(C)c(OC)cc1C. The summed E-state index contributed by atoms with van der Waals surface area (Å²) < 4.78 is 10.9. The summed E-state index contributed by atoms with van der Waals surface area (Å²) in [6.07, 6.45) is 4.42. The van der Waals surface area contributed by atoms with Gasteiger partial charge in [-0.1, -0.05) is 13.0 Å². The molecule has 0 amide bonds. The number of methoxy groups -OCH3 is 1. The highest BCUT2D eigenvalue weighted by Crippen LogP contribution is 2.30. The Morgan fingerprint density at radius 1 is 1.18 bits per heavy atom. The highest BCUT2D eigenvalue weighted by molar-refractivity contribution is 5.41. The minimum atomic E-state index is 0.502. The zero-order chi connectivity index (χ0) is 12.4. The monoisotopic (exact) mass is 234 g/mol. The van der Waals surface area contributed by atoms with Gasteiger partial charge in [-0.3, -0.25) is 0 Å². The molecule has 2 nitrogen and oxygen atoms in total. The largest absolute Gasteiger partial charge is 0.496 e. The van der Waals surface area contributed by atoms with Gasteiger partial charge in [-0.25, -0.2) is 0 Å². The van der Waals surface area contributed by atoms with E-state index in [1.165, 1.54) is 16.7 Å². The molecule has 2 unspecified atom stereocenters. The highest BCUT2D eigenvalue weighted by atomic mass is 16.6. The van der Waals surface area contributed by atoms with Gasteiger partial charge in [-0.15, -0.1) is 0 Å². The molecule has 1 aromatic carbocycles. The first-order chi connectivity index (χ1) is 8.15. The van der Waals surface area contributed by atoms with Crippen molar-refractivity contribution in [2.45, 2.75) is 52.2 Å². The molecule has 94 valence electrons. The van der Waals surface area contributed by atoms with Crippen LogP contribution in [0.5, 0.6) is 5.75 Å². The molecule has 0 radical (unpaired) electrons. The Morgan fingerprint density at radius 3 is 2.53 bits per heavy atom. The van der Waals surface area contributed by atoms with Gasteiger partial charge < -0.3 is 9.47 Å². The van der Waals surface area contributed by atoms with Crippen molar-refractivity contribution in [1.29, 1.82) is 0 Å². The lowest BCUT2D eigenvalue weighted by molar-refractivity contribution is 0.359. The molecule has 1 aromatic rings. The van der Waals surface area contributed by atoms with Crippen LogP contribution in [-0.2, 0) is 11.2 Å². The summed E-state index contributed by atoms with van der Waals surface area (Å²) in [4.78, 5) is 0. The van der Waals surface area contributed by atoms with Gasteiger partial charge in [0.05, 0.1) is 19.3 Å². The van der Waals surface area contributed by atoms with Crippen LogP contribution in [0.15, 0.2) is 12.1 Å². The summed E-state index contributed by atoms with van der Waals surface area (Å²) in [7, 11) is 1.73. The number of hydrogen-bond donors (Lipinski definition) is 0. The van der Waals surface area contributed by atoms with E-state index >= 15 is 0 Å². The molecule has 0 saturated carbocycles. The molecule has 0 bridgehead atoms. The molecule has 2 heteroatoms. The smallest absolute Gasteiger partial charge is 0.122 e. The quantitative estimate of drug-likeness (QED) is 0.728. The van der Waals surface area contributed by atoms with Gasteiger partial charge in [0.2, 0.25) is 0 Å². The van der Waals surface area contributed by atoms with E-state index < -0.39 is 0 Å². The molecular formula is C15H22O2. The average Bonchev–Trinajstić information content (AvgIpc) is 3.08. The van der Waals surface area contributed by atoms with E-state index in [0.29, 0.717) is 12.2 Å². The average molecular weight is 234 g/mol. The van der Waals surface area contributed by atoms with Crippen molar-refractivity contribution in [3.63, 3.8) is 0 Å². The zero-order valence-electron chi connectivity index (χ0n) is 11.2. The van der Waals surface area contributed by atoms with Gasteiger partial charge in [0.1, 0.15) is 5.75 Å². The number of ether oxygens (including phenoxy) is 2. The summed E-state index contributed by atoms with van der Waals surface area (Å²) in [5.74, 6) is 0.986. The maximum atomic E-state index is 5.58. The lowest BCUT2D eigenvalue weighted by Gasteiger charge is -2.10. The van der Waals surface area contributed by atoms with Crippen LogP contribution in [0.2, 0.25) is 0 Å². The number of epoxide rings is 1. The molecular weight excluding hydrogens is 212 g/mol. The van der Waals surface area contributed by atoms with Crippen molar-refractivity contribution in [1.82, 2.24) is 0 Å². The lowest BCUT2D eigenvalue weighted by Crippen LogP contribution is -1.99.